The van der Waals surface area contributed by atoms with Gasteiger partial charge >= 0.3 is 0 Å². The van der Waals surface area contributed by atoms with Gasteiger partial charge in [0.1, 0.15) is 5.75 Å². The molecule has 0 N–H and O–H groups in total. The van der Waals surface area contributed by atoms with Crippen LogP contribution in [0, 0.1) is 0 Å². The highest BCUT2D eigenvalue weighted by molar-refractivity contribution is 7.89. The van der Waals surface area contributed by atoms with Crippen molar-refractivity contribution in [2.45, 2.75) is 4.90 Å². The zero-order valence-electron chi connectivity index (χ0n) is 19.4. The van der Waals surface area contributed by atoms with Gasteiger partial charge in [-0.15, -0.1) is 0 Å². The van der Waals surface area contributed by atoms with Crippen LogP contribution in [0.1, 0.15) is 15.9 Å². The van der Waals surface area contributed by atoms with Gasteiger partial charge in [-0.1, -0.05) is 48.0 Å². The Hall–Kier alpha value is -3.46. The van der Waals surface area contributed by atoms with Gasteiger partial charge in [0.05, 0.1) is 4.90 Å². The summed E-state index contributed by atoms with van der Waals surface area (Å²) in [6.45, 7) is 0.769. The van der Waals surface area contributed by atoms with E-state index in [2.05, 4.69) is 0 Å². The minimum Gasteiger partial charge on any atom is -0.484 e. The molecular formula is C27H25ClN2O5S. The second-order valence-corrected chi connectivity index (χ2v) is 10.5. The zero-order valence-corrected chi connectivity index (χ0v) is 21.0. The van der Waals surface area contributed by atoms with Crippen LogP contribution >= 0.6 is 11.6 Å². The molecule has 0 atom stereocenters. The first-order chi connectivity index (χ1) is 17.3. The first-order valence-corrected chi connectivity index (χ1v) is 13.2. The standard InChI is InChI=1S/C27H25ClN2O5S/c28-23-9-13-25(14-10-23)36(33,34)30-18-16-29(17-19-30)27(32)20-35-24-11-7-22(8-12-24)26(31)15-6-21-4-2-1-3-5-21/h1-15H,16-20H2. The molecule has 0 aliphatic carbocycles. The first-order valence-electron chi connectivity index (χ1n) is 11.4. The lowest BCUT2D eigenvalue weighted by atomic mass is 10.1. The number of carbonyl (C=O) groups is 2. The Kier molecular flexibility index (Phi) is 8.20. The molecule has 3 aromatic rings. The van der Waals surface area contributed by atoms with E-state index in [1.807, 2.05) is 30.3 Å². The summed E-state index contributed by atoms with van der Waals surface area (Å²) in [7, 11) is -3.64. The maximum Gasteiger partial charge on any atom is 0.260 e. The van der Waals surface area contributed by atoms with Crippen molar-refractivity contribution in [3.8, 4) is 5.75 Å². The molecule has 1 amide bonds. The van der Waals surface area contributed by atoms with E-state index in [0.29, 0.717) is 16.3 Å². The number of sulfonamides is 1. The number of ketones is 1. The van der Waals surface area contributed by atoms with E-state index >= 15 is 0 Å². The molecule has 1 aliphatic heterocycles. The molecule has 0 spiro atoms. The van der Waals surface area contributed by atoms with Gasteiger partial charge in [-0.2, -0.15) is 4.31 Å². The van der Waals surface area contributed by atoms with Crippen LogP contribution in [0.3, 0.4) is 0 Å². The highest BCUT2D eigenvalue weighted by Gasteiger charge is 2.30. The Balaban J connectivity index is 1.25. The molecule has 1 aliphatic rings. The van der Waals surface area contributed by atoms with Crippen LogP contribution in [-0.4, -0.2) is 62.1 Å². The van der Waals surface area contributed by atoms with E-state index < -0.39 is 10.0 Å². The van der Waals surface area contributed by atoms with Crippen molar-refractivity contribution in [3.63, 3.8) is 0 Å². The SMILES string of the molecule is O=C(C=Cc1ccccc1)c1ccc(OCC(=O)N2CCN(S(=O)(=O)c3ccc(Cl)cc3)CC2)cc1. The highest BCUT2D eigenvalue weighted by atomic mass is 35.5. The minimum absolute atomic E-state index is 0.132. The molecule has 1 heterocycles. The van der Waals surface area contributed by atoms with Crippen molar-refractivity contribution in [1.29, 1.82) is 0 Å². The molecule has 186 valence electrons. The third kappa shape index (κ3) is 6.40. The fourth-order valence-corrected chi connectivity index (χ4v) is 5.27. The molecule has 7 nitrogen and oxygen atoms in total. The molecule has 0 unspecified atom stereocenters. The quantitative estimate of drug-likeness (QED) is 0.326. The van der Waals surface area contributed by atoms with Gasteiger partial charge in [-0.25, -0.2) is 8.42 Å². The number of nitrogens with zero attached hydrogens (tertiary/aromatic N) is 2. The molecule has 9 heteroatoms. The zero-order chi connectivity index (χ0) is 25.5. The lowest BCUT2D eigenvalue weighted by molar-refractivity contribution is -0.134. The normalized spacial score (nSPS) is 14.6. The Morgan fingerprint density at radius 1 is 0.861 bits per heavy atom. The highest BCUT2D eigenvalue weighted by Crippen LogP contribution is 2.20. The van der Waals surface area contributed by atoms with Gasteiger partial charge < -0.3 is 9.64 Å². The second kappa shape index (κ2) is 11.5. The molecule has 0 bridgehead atoms. The van der Waals surface area contributed by atoms with Gasteiger partial charge in [0, 0.05) is 36.8 Å². The molecule has 36 heavy (non-hydrogen) atoms. The molecular weight excluding hydrogens is 500 g/mol. The number of amides is 1. The van der Waals surface area contributed by atoms with E-state index in [4.69, 9.17) is 16.3 Å². The van der Waals surface area contributed by atoms with Crippen LogP contribution in [-0.2, 0) is 14.8 Å². The van der Waals surface area contributed by atoms with Crippen molar-refractivity contribution in [3.05, 3.63) is 101 Å². The second-order valence-electron chi connectivity index (χ2n) is 8.16. The van der Waals surface area contributed by atoms with Crippen molar-refractivity contribution in [2.24, 2.45) is 0 Å². The average Bonchev–Trinajstić information content (AvgIpc) is 2.91. The number of rotatable bonds is 8. The van der Waals surface area contributed by atoms with E-state index in [1.165, 1.54) is 34.6 Å². The summed E-state index contributed by atoms with van der Waals surface area (Å²) in [6.07, 6.45) is 3.27. The van der Waals surface area contributed by atoms with Crippen LogP contribution < -0.4 is 4.74 Å². The van der Waals surface area contributed by atoms with E-state index in [1.54, 1.807) is 35.2 Å². The Bertz CT molecular complexity index is 1330. The number of allylic oxidation sites excluding steroid dienone is 1. The minimum atomic E-state index is -3.64. The third-order valence-electron chi connectivity index (χ3n) is 5.77. The summed E-state index contributed by atoms with van der Waals surface area (Å²) in [5, 5.41) is 0.463. The van der Waals surface area contributed by atoms with Gasteiger partial charge in [0.15, 0.2) is 12.4 Å². The topological polar surface area (TPSA) is 84.0 Å². The third-order valence-corrected chi connectivity index (χ3v) is 7.94. The summed E-state index contributed by atoms with van der Waals surface area (Å²) in [4.78, 5) is 26.7. The fourth-order valence-electron chi connectivity index (χ4n) is 3.72. The Labute approximate surface area is 215 Å². The summed E-state index contributed by atoms with van der Waals surface area (Å²) in [6, 6.07) is 22.2. The summed E-state index contributed by atoms with van der Waals surface area (Å²) >= 11 is 5.85. The predicted molar refractivity (Wildman–Crippen MR) is 139 cm³/mol. The van der Waals surface area contributed by atoms with Gasteiger partial charge in [-0.05, 0) is 60.2 Å². The van der Waals surface area contributed by atoms with Crippen molar-refractivity contribution in [2.75, 3.05) is 32.8 Å². The predicted octanol–water partition coefficient (Wildman–Crippen LogP) is 4.15. The number of carbonyl (C=O) groups excluding carboxylic acids is 2. The van der Waals surface area contributed by atoms with Crippen LogP contribution in [0.5, 0.6) is 5.75 Å². The van der Waals surface area contributed by atoms with Crippen molar-refractivity contribution >= 4 is 39.4 Å². The fraction of sp³-hybridized carbons (Fsp3) is 0.185. The maximum absolute atomic E-state index is 12.8. The number of hydrogen-bond donors (Lipinski definition) is 0. The molecule has 1 saturated heterocycles. The molecule has 4 rings (SSSR count). The van der Waals surface area contributed by atoms with Crippen molar-refractivity contribution in [1.82, 2.24) is 9.21 Å². The molecule has 1 fully saturated rings. The summed E-state index contributed by atoms with van der Waals surface area (Å²) in [5.41, 5.74) is 1.45. The number of hydrogen-bond acceptors (Lipinski definition) is 5. The first kappa shape index (κ1) is 25.6. The van der Waals surface area contributed by atoms with Crippen molar-refractivity contribution < 1.29 is 22.7 Å². The number of benzene rings is 3. The number of ether oxygens (including phenoxy) is 1. The molecule has 0 aromatic heterocycles. The Morgan fingerprint density at radius 3 is 2.14 bits per heavy atom. The van der Waals surface area contributed by atoms with Gasteiger partial charge in [-0.3, -0.25) is 9.59 Å². The summed E-state index contributed by atoms with van der Waals surface area (Å²) < 4.78 is 32.6. The molecule has 0 saturated carbocycles. The van der Waals surface area contributed by atoms with Crippen LogP contribution in [0.15, 0.2) is 89.8 Å². The van der Waals surface area contributed by atoms with E-state index in [9.17, 15) is 18.0 Å². The maximum atomic E-state index is 12.8. The summed E-state index contributed by atoms with van der Waals surface area (Å²) in [5.74, 6) is 0.105. The average molecular weight is 525 g/mol. The number of halogens is 1. The smallest absolute Gasteiger partial charge is 0.260 e. The van der Waals surface area contributed by atoms with Crippen LogP contribution in [0.25, 0.3) is 6.08 Å². The van der Waals surface area contributed by atoms with Crippen LogP contribution in [0.2, 0.25) is 5.02 Å². The van der Waals surface area contributed by atoms with E-state index in [-0.39, 0.29) is 49.4 Å². The van der Waals surface area contributed by atoms with E-state index in [0.717, 1.165) is 5.56 Å². The molecule has 3 aromatic carbocycles. The largest absolute Gasteiger partial charge is 0.484 e. The van der Waals surface area contributed by atoms with Gasteiger partial charge in [0.2, 0.25) is 10.0 Å². The lowest BCUT2D eigenvalue weighted by Gasteiger charge is -2.34. The van der Waals surface area contributed by atoms with Gasteiger partial charge in [0.25, 0.3) is 5.91 Å². The lowest BCUT2D eigenvalue weighted by Crippen LogP contribution is -2.51. The molecule has 0 radical (unpaired) electrons. The van der Waals surface area contributed by atoms with Crippen LogP contribution in [0.4, 0.5) is 0 Å². The Morgan fingerprint density at radius 2 is 1.50 bits per heavy atom. The monoisotopic (exact) mass is 524 g/mol. The number of piperazine rings is 1.